The van der Waals surface area contributed by atoms with Crippen LogP contribution in [-0.4, -0.2) is 9.52 Å². The van der Waals surface area contributed by atoms with Crippen LogP contribution in [0.25, 0.3) is 28.3 Å². The van der Waals surface area contributed by atoms with Crippen molar-refractivity contribution in [2.24, 2.45) is 0 Å². The fraction of sp³-hybridized carbons (Fsp3) is 0.350. The predicted octanol–water partition coefficient (Wildman–Crippen LogP) is 10.0. The Hall–Kier alpha value is -1.70. The molecule has 4 aromatic rings. The van der Waals surface area contributed by atoms with Crippen LogP contribution in [0.1, 0.15) is 112 Å². The van der Waals surface area contributed by atoms with Crippen molar-refractivity contribution < 1.29 is 17.9 Å². The Morgan fingerprint density at radius 2 is 1.48 bits per heavy atom. The van der Waals surface area contributed by atoms with Gasteiger partial charge in [0.15, 0.2) is 0 Å². The van der Waals surface area contributed by atoms with Gasteiger partial charge in [0.05, 0.1) is 0 Å². The summed E-state index contributed by atoms with van der Waals surface area (Å²) in [6.07, 6.45) is 4.62. The Labute approximate surface area is 279 Å². The van der Waals surface area contributed by atoms with Gasteiger partial charge in [0.1, 0.15) is 0 Å². The van der Waals surface area contributed by atoms with Crippen molar-refractivity contribution in [3.8, 4) is 22.3 Å². The van der Waals surface area contributed by atoms with Crippen LogP contribution < -0.4 is 13.6 Å². The van der Waals surface area contributed by atoms with Crippen molar-refractivity contribution in [1.29, 1.82) is 0 Å². The minimum absolute atomic E-state index is 0.00698. The first-order valence-corrected chi connectivity index (χ1v) is 26.8. The summed E-state index contributed by atoms with van der Waals surface area (Å²) in [5.41, 5.74) is 13.8. The molecule has 4 heteroatoms. The van der Waals surface area contributed by atoms with Crippen molar-refractivity contribution in [3.63, 3.8) is 0 Å². The monoisotopic (exact) mass is 714 g/mol. The second kappa shape index (κ2) is 12.2. The third-order valence-corrected chi connectivity index (χ3v) is 24.2. The Balaban J connectivity index is 1.58. The third kappa shape index (κ3) is 5.61. The van der Waals surface area contributed by atoms with Gasteiger partial charge in [-0.25, -0.2) is 0 Å². The molecule has 0 saturated carbocycles. The van der Waals surface area contributed by atoms with E-state index in [-0.39, 0.29) is 9.04 Å². The van der Waals surface area contributed by atoms with Gasteiger partial charge in [-0.3, -0.25) is 0 Å². The average molecular weight is 717 g/mol. The van der Waals surface area contributed by atoms with E-state index in [4.69, 9.17) is 17.0 Å². The Morgan fingerprint density at radius 1 is 0.818 bits per heavy atom. The summed E-state index contributed by atoms with van der Waals surface area (Å²) in [5.74, 6) is 0.925. The molecule has 0 spiro atoms. The van der Waals surface area contributed by atoms with Gasteiger partial charge in [-0.15, -0.1) is 0 Å². The number of hydrogen-bond acceptors (Lipinski definition) is 0. The molecular formula is C40H46Cl2SiZr. The van der Waals surface area contributed by atoms with E-state index in [2.05, 4.69) is 134 Å². The van der Waals surface area contributed by atoms with Crippen LogP contribution in [0.2, 0.25) is 0 Å². The summed E-state index contributed by atoms with van der Waals surface area (Å²) in [7, 11) is 15.3. The molecule has 44 heavy (non-hydrogen) atoms. The first-order chi connectivity index (χ1) is 20.8. The number of rotatable bonds is 7. The van der Waals surface area contributed by atoms with Crippen LogP contribution in [0, 0.1) is 0 Å². The number of fused-ring (bicyclic) bond motifs is 4. The molecule has 1 atom stereocenters. The average Bonchev–Trinajstić information content (AvgIpc) is 3.54. The standard InChI is InChI=1S/C28H37.C12H9Si.2ClH.Zr/c1-9-10-20-13-21-11-12-26(28(6,7)8)27(25(21)14-20)24-16-22(18(2)3)15-23(17-24)19(4)5;1-3-7-11-9(5-1)10-6-2-4-8-12(10)13-11;;;/h11-19H,9-10H2,1-8H3;1-7H,13H2;2*1H;/q;;;;+2/p-2. The first-order valence-electron chi connectivity index (χ1n) is 16.4. The Morgan fingerprint density at radius 3 is 2.11 bits per heavy atom. The number of hydrogen-bond donors (Lipinski definition) is 0. The molecule has 1 unspecified atom stereocenters. The summed E-state index contributed by atoms with van der Waals surface area (Å²) in [4.78, 5) is 0. The SMILES string of the molecule is CCCC1=Cc2c(ccc(C(C)(C)C)c2-c2cc(C(C)C)cc(C(C)C)c2)[CH]1[Zr]([Cl])([Cl])[c]1cccc2c1[SiH2]c1ccccc1-2. The van der Waals surface area contributed by atoms with E-state index >= 15 is 0 Å². The molecule has 6 rings (SSSR count). The van der Waals surface area contributed by atoms with E-state index in [0.717, 1.165) is 12.8 Å². The van der Waals surface area contributed by atoms with Crippen LogP contribution in [0.3, 0.4) is 0 Å². The van der Waals surface area contributed by atoms with Crippen LogP contribution in [0.15, 0.2) is 78.4 Å². The van der Waals surface area contributed by atoms with Crippen molar-refractivity contribution in [3.05, 3.63) is 106 Å². The summed E-state index contributed by atoms with van der Waals surface area (Å²) in [6, 6.07) is 27.8. The molecule has 4 aromatic carbocycles. The van der Waals surface area contributed by atoms with Gasteiger partial charge in [0, 0.05) is 0 Å². The fourth-order valence-electron chi connectivity index (χ4n) is 7.49. The zero-order valence-corrected chi connectivity index (χ0v) is 33.0. The van der Waals surface area contributed by atoms with Crippen molar-refractivity contribution >= 4 is 46.3 Å². The second-order valence-electron chi connectivity index (χ2n) is 14.6. The first kappa shape index (κ1) is 32.2. The normalized spacial score (nSPS) is 16.5. The summed E-state index contributed by atoms with van der Waals surface area (Å²) < 4.78 is 1.42. The molecule has 0 fully saturated rings. The van der Waals surface area contributed by atoms with Crippen LogP contribution in [-0.2, 0) is 23.3 Å². The second-order valence-corrected chi connectivity index (χ2v) is 30.5. The van der Waals surface area contributed by atoms with Gasteiger partial charge in [0.2, 0.25) is 0 Å². The molecular weight excluding hydrogens is 671 g/mol. The van der Waals surface area contributed by atoms with Gasteiger partial charge in [-0.05, 0) is 0 Å². The molecule has 0 bridgehead atoms. The van der Waals surface area contributed by atoms with Crippen LogP contribution >= 0.6 is 17.0 Å². The molecule has 0 amide bonds. The van der Waals surface area contributed by atoms with Crippen LogP contribution in [0.5, 0.6) is 0 Å². The molecule has 1 heterocycles. The van der Waals surface area contributed by atoms with E-state index in [1.807, 2.05) is 0 Å². The third-order valence-electron chi connectivity index (χ3n) is 9.81. The predicted molar refractivity (Wildman–Crippen MR) is 195 cm³/mol. The van der Waals surface area contributed by atoms with Gasteiger partial charge < -0.3 is 0 Å². The molecule has 0 N–H and O–H groups in total. The van der Waals surface area contributed by atoms with Crippen molar-refractivity contribution in [1.82, 2.24) is 0 Å². The molecule has 0 aromatic heterocycles. The molecule has 0 radical (unpaired) electrons. The van der Waals surface area contributed by atoms with E-state index in [1.54, 1.807) is 0 Å². The zero-order valence-electron chi connectivity index (χ0n) is 27.6. The van der Waals surface area contributed by atoms with Gasteiger partial charge in [-0.2, -0.15) is 0 Å². The Bertz CT molecular complexity index is 1750. The molecule has 2 aliphatic rings. The van der Waals surface area contributed by atoms with E-state index in [1.165, 1.54) is 69.3 Å². The van der Waals surface area contributed by atoms with Gasteiger partial charge in [0.25, 0.3) is 0 Å². The van der Waals surface area contributed by atoms with E-state index in [0.29, 0.717) is 11.8 Å². The zero-order chi connectivity index (χ0) is 31.6. The van der Waals surface area contributed by atoms with Crippen molar-refractivity contribution in [2.75, 3.05) is 0 Å². The topological polar surface area (TPSA) is 0 Å². The molecule has 228 valence electrons. The number of halogens is 2. The van der Waals surface area contributed by atoms with E-state index < -0.39 is 27.4 Å². The van der Waals surface area contributed by atoms with Gasteiger partial charge >= 0.3 is 282 Å². The summed E-state index contributed by atoms with van der Waals surface area (Å²) in [5, 5.41) is 3.01. The quantitative estimate of drug-likeness (QED) is 0.147. The molecule has 1 aliphatic carbocycles. The van der Waals surface area contributed by atoms with Crippen LogP contribution in [0.4, 0.5) is 0 Å². The summed E-state index contributed by atoms with van der Waals surface area (Å²) in [6.45, 7) is 18.6. The van der Waals surface area contributed by atoms with Crippen molar-refractivity contribution in [2.45, 2.75) is 89.1 Å². The number of benzene rings is 4. The molecule has 0 nitrogen and oxygen atoms in total. The minimum atomic E-state index is -4.03. The maximum atomic E-state index is 7.97. The van der Waals surface area contributed by atoms with E-state index in [9.17, 15) is 0 Å². The van der Waals surface area contributed by atoms with Gasteiger partial charge in [-0.1, -0.05) is 0 Å². The maximum absolute atomic E-state index is 7.97. The fourth-order valence-corrected chi connectivity index (χ4v) is 24.4. The molecule has 0 saturated heterocycles. The number of allylic oxidation sites excluding steroid dienone is 1. The summed E-state index contributed by atoms with van der Waals surface area (Å²) >= 11 is -4.03. The Kier molecular flexibility index (Phi) is 8.91. The molecule has 1 aliphatic heterocycles.